The summed E-state index contributed by atoms with van der Waals surface area (Å²) in [5.74, 6) is 0. The highest BCUT2D eigenvalue weighted by atomic mass is 32.1. The number of nitrogens with two attached hydrogens (primary N) is 1. The SMILES string of the molecule is Cc1nc(CCCN)sc1C(F)F. The fraction of sp³-hybridized carbons (Fsp3) is 0.625. The number of rotatable bonds is 4. The molecule has 13 heavy (non-hydrogen) atoms. The molecule has 0 atom stereocenters. The summed E-state index contributed by atoms with van der Waals surface area (Å²) in [4.78, 5) is 4.14. The Hall–Kier alpha value is -0.550. The molecule has 2 nitrogen and oxygen atoms in total. The molecule has 0 unspecified atom stereocenters. The highest BCUT2D eigenvalue weighted by Crippen LogP contribution is 2.28. The van der Waals surface area contributed by atoms with Crippen LogP contribution in [0.4, 0.5) is 8.78 Å². The van der Waals surface area contributed by atoms with E-state index in [4.69, 9.17) is 5.73 Å². The van der Waals surface area contributed by atoms with Crippen LogP contribution in [0.2, 0.25) is 0 Å². The van der Waals surface area contributed by atoms with Gasteiger partial charge >= 0.3 is 0 Å². The van der Waals surface area contributed by atoms with Crippen molar-refractivity contribution in [2.75, 3.05) is 6.54 Å². The number of nitrogens with zero attached hydrogens (tertiary/aromatic N) is 1. The van der Waals surface area contributed by atoms with Crippen molar-refractivity contribution in [2.45, 2.75) is 26.2 Å². The van der Waals surface area contributed by atoms with Crippen LogP contribution < -0.4 is 5.73 Å². The number of halogens is 2. The van der Waals surface area contributed by atoms with Gasteiger partial charge in [0.05, 0.1) is 15.6 Å². The second-order valence-corrected chi connectivity index (χ2v) is 3.87. The zero-order valence-electron chi connectivity index (χ0n) is 7.39. The van der Waals surface area contributed by atoms with Gasteiger partial charge in [-0.25, -0.2) is 13.8 Å². The maximum absolute atomic E-state index is 12.3. The minimum absolute atomic E-state index is 0.0898. The third-order valence-corrected chi connectivity index (χ3v) is 2.89. The Morgan fingerprint density at radius 1 is 1.54 bits per heavy atom. The molecule has 1 aromatic heterocycles. The van der Waals surface area contributed by atoms with Crippen LogP contribution in [-0.4, -0.2) is 11.5 Å². The van der Waals surface area contributed by atoms with Crippen LogP contribution in [0.25, 0.3) is 0 Å². The minimum atomic E-state index is -2.40. The number of alkyl halides is 2. The summed E-state index contributed by atoms with van der Waals surface area (Å²) in [7, 11) is 0. The van der Waals surface area contributed by atoms with E-state index in [0.29, 0.717) is 18.7 Å². The minimum Gasteiger partial charge on any atom is -0.330 e. The van der Waals surface area contributed by atoms with Crippen molar-refractivity contribution in [1.29, 1.82) is 0 Å². The molecule has 0 saturated heterocycles. The average molecular weight is 206 g/mol. The molecule has 1 aromatic rings. The van der Waals surface area contributed by atoms with Crippen LogP contribution in [-0.2, 0) is 6.42 Å². The molecule has 0 fully saturated rings. The smallest absolute Gasteiger partial charge is 0.274 e. The van der Waals surface area contributed by atoms with Gasteiger partial charge in [-0.3, -0.25) is 0 Å². The van der Waals surface area contributed by atoms with Crippen molar-refractivity contribution in [3.05, 3.63) is 15.6 Å². The molecule has 2 N–H and O–H groups in total. The molecule has 0 aliphatic rings. The Morgan fingerprint density at radius 2 is 2.23 bits per heavy atom. The molecule has 5 heteroatoms. The van der Waals surface area contributed by atoms with Crippen LogP contribution in [0.5, 0.6) is 0 Å². The number of aromatic nitrogens is 1. The highest BCUT2D eigenvalue weighted by Gasteiger charge is 2.15. The second kappa shape index (κ2) is 4.62. The van der Waals surface area contributed by atoms with E-state index in [1.165, 1.54) is 0 Å². The molecule has 0 aliphatic heterocycles. The lowest BCUT2D eigenvalue weighted by molar-refractivity contribution is 0.154. The average Bonchev–Trinajstić information content (AvgIpc) is 2.43. The van der Waals surface area contributed by atoms with E-state index in [-0.39, 0.29) is 4.88 Å². The Kier molecular flexibility index (Phi) is 3.74. The summed E-state index contributed by atoms with van der Waals surface area (Å²) in [6.45, 7) is 2.19. The van der Waals surface area contributed by atoms with Gasteiger partial charge in [0.1, 0.15) is 0 Å². The highest BCUT2D eigenvalue weighted by molar-refractivity contribution is 7.11. The topological polar surface area (TPSA) is 38.9 Å². The third kappa shape index (κ3) is 2.70. The summed E-state index contributed by atoms with van der Waals surface area (Å²) in [6, 6.07) is 0. The van der Waals surface area contributed by atoms with Gasteiger partial charge in [0, 0.05) is 6.42 Å². The van der Waals surface area contributed by atoms with Gasteiger partial charge in [-0.1, -0.05) is 0 Å². The molecule has 1 rings (SSSR count). The van der Waals surface area contributed by atoms with Crippen molar-refractivity contribution >= 4 is 11.3 Å². The van der Waals surface area contributed by atoms with Crippen LogP contribution >= 0.6 is 11.3 Å². The van der Waals surface area contributed by atoms with Gasteiger partial charge in [0.15, 0.2) is 0 Å². The van der Waals surface area contributed by atoms with Crippen molar-refractivity contribution < 1.29 is 8.78 Å². The van der Waals surface area contributed by atoms with Gasteiger partial charge in [-0.15, -0.1) is 11.3 Å². The van der Waals surface area contributed by atoms with Gasteiger partial charge < -0.3 is 5.73 Å². The lowest BCUT2D eigenvalue weighted by atomic mass is 10.3. The summed E-state index contributed by atoms with van der Waals surface area (Å²) in [6.07, 6.45) is -0.895. The van der Waals surface area contributed by atoms with Crippen molar-refractivity contribution in [2.24, 2.45) is 5.73 Å². The molecule has 0 radical (unpaired) electrons. The molecule has 0 saturated carbocycles. The second-order valence-electron chi connectivity index (χ2n) is 2.75. The Labute approximate surface area is 79.8 Å². The largest absolute Gasteiger partial charge is 0.330 e. The van der Waals surface area contributed by atoms with Crippen molar-refractivity contribution in [3.8, 4) is 0 Å². The maximum atomic E-state index is 12.3. The molecule has 0 spiro atoms. The Morgan fingerprint density at radius 3 is 2.69 bits per heavy atom. The molecular formula is C8H12F2N2S. The zero-order valence-corrected chi connectivity index (χ0v) is 8.20. The van der Waals surface area contributed by atoms with Gasteiger partial charge in [-0.05, 0) is 19.9 Å². The van der Waals surface area contributed by atoms with Gasteiger partial charge in [0.2, 0.25) is 0 Å². The zero-order chi connectivity index (χ0) is 9.84. The molecule has 0 aromatic carbocycles. The first-order chi connectivity index (χ1) is 6.15. The van der Waals surface area contributed by atoms with Crippen molar-refractivity contribution in [3.63, 3.8) is 0 Å². The fourth-order valence-corrected chi connectivity index (χ4v) is 1.99. The predicted molar refractivity (Wildman–Crippen MR) is 49.2 cm³/mol. The van der Waals surface area contributed by atoms with Crippen molar-refractivity contribution in [1.82, 2.24) is 4.98 Å². The van der Waals surface area contributed by atoms with Crippen LogP contribution in [0, 0.1) is 6.92 Å². The van der Waals surface area contributed by atoms with Crippen LogP contribution in [0.1, 0.15) is 28.4 Å². The predicted octanol–water partition coefficient (Wildman–Crippen LogP) is 2.28. The van der Waals surface area contributed by atoms with Gasteiger partial charge in [-0.2, -0.15) is 0 Å². The Bertz CT molecular complexity index is 273. The lowest BCUT2D eigenvalue weighted by Gasteiger charge is -1.92. The summed E-state index contributed by atoms with van der Waals surface area (Å²) < 4.78 is 24.6. The summed E-state index contributed by atoms with van der Waals surface area (Å²) in [5, 5.41) is 0.762. The normalized spacial score (nSPS) is 11.2. The number of aryl methyl sites for hydroxylation is 2. The molecule has 0 amide bonds. The number of hydrogen-bond donors (Lipinski definition) is 1. The van der Waals surface area contributed by atoms with Crippen LogP contribution in [0.3, 0.4) is 0 Å². The molecule has 74 valence electrons. The van der Waals surface area contributed by atoms with E-state index in [1.807, 2.05) is 0 Å². The maximum Gasteiger partial charge on any atom is 0.274 e. The van der Waals surface area contributed by atoms with E-state index in [2.05, 4.69) is 4.98 Å². The molecule has 0 aliphatic carbocycles. The van der Waals surface area contributed by atoms with E-state index in [1.54, 1.807) is 6.92 Å². The number of hydrogen-bond acceptors (Lipinski definition) is 3. The van der Waals surface area contributed by atoms with Crippen LogP contribution in [0.15, 0.2) is 0 Å². The quantitative estimate of drug-likeness (QED) is 0.820. The molecular weight excluding hydrogens is 194 g/mol. The number of thiazole rings is 1. The first kappa shape index (κ1) is 10.5. The van der Waals surface area contributed by atoms with E-state index in [0.717, 1.165) is 22.8 Å². The monoisotopic (exact) mass is 206 g/mol. The van der Waals surface area contributed by atoms with E-state index in [9.17, 15) is 8.78 Å². The molecule has 1 heterocycles. The summed E-state index contributed by atoms with van der Waals surface area (Å²) in [5.41, 5.74) is 5.76. The lowest BCUT2D eigenvalue weighted by Crippen LogP contribution is -1.99. The van der Waals surface area contributed by atoms with E-state index < -0.39 is 6.43 Å². The summed E-state index contributed by atoms with van der Waals surface area (Å²) >= 11 is 1.09. The van der Waals surface area contributed by atoms with E-state index >= 15 is 0 Å². The fourth-order valence-electron chi connectivity index (χ4n) is 1.03. The first-order valence-corrected chi connectivity index (χ1v) is 4.91. The van der Waals surface area contributed by atoms with Gasteiger partial charge in [0.25, 0.3) is 6.43 Å². The third-order valence-electron chi connectivity index (χ3n) is 1.67. The molecule has 0 bridgehead atoms. The Balaban J connectivity index is 2.71. The first-order valence-electron chi connectivity index (χ1n) is 4.09. The standard InChI is InChI=1S/C8H12F2N2S/c1-5-7(8(9)10)13-6(12-5)3-2-4-11/h8H,2-4,11H2,1H3.